The molecule has 0 saturated carbocycles. The topological polar surface area (TPSA) is 269 Å². The van der Waals surface area contributed by atoms with Crippen LogP contribution in [-0.2, 0) is 26.2 Å². The Morgan fingerprint density at radius 2 is 0.629 bits per heavy atom. The maximum atomic E-state index is 14.5. The average molecular weight is 1920 g/mol. The van der Waals surface area contributed by atoms with Gasteiger partial charge in [0, 0.05) is 214 Å². The highest BCUT2D eigenvalue weighted by Crippen LogP contribution is 2.41. The summed E-state index contributed by atoms with van der Waals surface area (Å²) in [4.78, 5) is 26.0. The zero-order valence-corrected chi connectivity index (χ0v) is 80.4. The molecule has 4 aliphatic heterocycles. The molecule has 4 fully saturated rings. The summed E-state index contributed by atoms with van der Waals surface area (Å²) in [6, 6.07) is 66.4. The maximum absolute atomic E-state index is 14.5. The number of ether oxygens (including phenoxy) is 2. The van der Waals surface area contributed by atoms with Gasteiger partial charge < -0.3 is 9.47 Å². The van der Waals surface area contributed by atoms with E-state index in [0.717, 1.165) is 248 Å². The van der Waals surface area contributed by atoms with Crippen molar-refractivity contribution in [2.45, 2.75) is 109 Å². The van der Waals surface area contributed by atoms with Gasteiger partial charge in [-0.1, -0.05) is 66.7 Å². The first-order valence-electron chi connectivity index (χ1n) is 48.8. The van der Waals surface area contributed by atoms with Gasteiger partial charge >= 0.3 is 0 Å². The molecule has 143 heavy (non-hydrogen) atoms. The number of likely N-dealkylation sites (tertiary alicyclic amines) is 4. The summed E-state index contributed by atoms with van der Waals surface area (Å²) in [6.07, 6.45) is 39.3. The Morgan fingerprint density at radius 3 is 0.958 bits per heavy atom. The molecular formula is C113H107F3N24O2S. The van der Waals surface area contributed by atoms with Crippen molar-refractivity contribution in [2.24, 2.45) is 0 Å². The summed E-state index contributed by atoms with van der Waals surface area (Å²) in [5.41, 5.74) is 25.1. The van der Waals surface area contributed by atoms with Crippen molar-refractivity contribution in [3.8, 4) is 101 Å². The number of aryl methyl sites for hydroxylation is 1. The van der Waals surface area contributed by atoms with Crippen LogP contribution in [0.3, 0.4) is 0 Å². The van der Waals surface area contributed by atoms with Crippen molar-refractivity contribution < 1.29 is 22.6 Å². The van der Waals surface area contributed by atoms with Gasteiger partial charge in [-0.15, -0.1) is 11.3 Å². The highest BCUT2D eigenvalue weighted by Gasteiger charge is 2.31. The third kappa shape index (κ3) is 20.3. The van der Waals surface area contributed by atoms with Gasteiger partial charge in [-0.2, -0.15) is 40.8 Å². The van der Waals surface area contributed by atoms with Crippen molar-refractivity contribution in [1.82, 2.24) is 119 Å². The van der Waals surface area contributed by atoms with Crippen LogP contribution in [0.4, 0.5) is 13.2 Å². The molecule has 4 unspecified atom stereocenters. The third-order valence-electron chi connectivity index (χ3n) is 28.3. The van der Waals surface area contributed by atoms with Crippen LogP contribution in [0, 0.1) is 24.4 Å². The molecule has 0 aliphatic carbocycles. The van der Waals surface area contributed by atoms with Crippen LogP contribution in [0.25, 0.3) is 143 Å². The van der Waals surface area contributed by atoms with Crippen LogP contribution in [0.2, 0.25) is 0 Å². The first-order chi connectivity index (χ1) is 70.3. The van der Waals surface area contributed by atoms with E-state index in [1.165, 1.54) is 34.2 Å². The van der Waals surface area contributed by atoms with E-state index in [2.05, 4.69) is 226 Å². The molecule has 0 radical (unpaired) electrons. The van der Waals surface area contributed by atoms with E-state index in [-0.39, 0.29) is 35.6 Å². The number of H-pyrrole nitrogens is 4. The summed E-state index contributed by atoms with van der Waals surface area (Å²) in [7, 11) is 3.17. The predicted molar refractivity (Wildman–Crippen MR) is 555 cm³/mol. The van der Waals surface area contributed by atoms with Gasteiger partial charge in [0.15, 0.2) is 0 Å². The second-order valence-corrected chi connectivity index (χ2v) is 38.3. The molecule has 0 bridgehead atoms. The Kier molecular flexibility index (Phi) is 27.1. The quantitative estimate of drug-likeness (QED) is 0.0491. The van der Waals surface area contributed by atoms with E-state index in [9.17, 15) is 13.2 Å². The van der Waals surface area contributed by atoms with Crippen molar-refractivity contribution >= 4 is 65.0 Å². The molecule has 4 aliphatic rings. The number of piperidine rings is 4. The minimum atomic E-state index is -0.223. The Bertz CT molecular complexity index is 7720. The number of aromatic nitrogens is 20. The van der Waals surface area contributed by atoms with Crippen LogP contribution in [-0.4, -0.2) is 186 Å². The number of pyridine rings is 4. The minimum absolute atomic E-state index is 0.116. The Balaban J connectivity index is 0.000000109. The highest BCUT2D eigenvalue weighted by atomic mass is 32.1. The second kappa shape index (κ2) is 42.0. The number of fused-ring (bicyclic) bond motifs is 5. The number of hydrogen-bond donors (Lipinski definition) is 4. The smallest absolute Gasteiger partial charge is 0.131 e. The SMILES string of the molecule is COc1cccc(F)c1CN1CCCC(n2cc(-c3ccc4[nH]nc(-c5ccncc5)c4c3)cn2)C1.COc1cccc(F)c1CN1CCCC(n2cc(-c3ccc4[nH]nc(-c5ccncc5)c4c3)cn2)C1.Cc1cccc(F)c1CN1CCCC(n2cc(-c3ccc4[nH]nc(-c5ccncc5)c4c3)cn2)C1.c1ccc2c(CN3CCCC(n4cc(-c5ccc6[nH]nc(-c7ccncc7)c6c5)cn4)C3)csc2c1. The van der Waals surface area contributed by atoms with E-state index in [1.54, 1.807) is 88.1 Å². The van der Waals surface area contributed by atoms with E-state index < -0.39 is 0 Å². The van der Waals surface area contributed by atoms with Crippen LogP contribution < -0.4 is 9.47 Å². The number of methoxy groups -OCH3 is 2. The van der Waals surface area contributed by atoms with Gasteiger partial charge in [-0.05, 0) is 262 Å². The lowest BCUT2D eigenvalue weighted by Gasteiger charge is -2.33. The first kappa shape index (κ1) is 92.3. The number of rotatable bonds is 22. The summed E-state index contributed by atoms with van der Waals surface area (Å²) in [6.45, 7) is 12.2. The molecule has 0 amide bonds. The van der Waals surface area contributed by atoms with E-state index in [0.29, 0.717) is 48.3 Å². The molecule has 4 N–H and O–H groups in total. The summed E-state index contributed by atoms with van der Waals surface area (Å²) in [5, 5.41) is 57.7. The molecule has 4 saturated heterocycles. The number of benzene rings is 8. The zero-order chi connectivity index (χ0) is 96.6. The maximum Gasteiger partial charge on any atom is 0.131 e. The van der Waals surface area contributed by atoms with E-state index in [1.807, 2.05) is 110 Å². The molecule has 0 spiro atoms. The van der Waals surface area contributed by atoms with Crippen LogP contribution in [0.1, 0.15) is 103 Å². The lowest BCUT2D eigenvalue weighted by atomic mass is 10.0. The second-order valence-electron chi connectivity index (χ2n) is 37.4. The molecule has 13 aromatic heterocycles. The van der Waals surface area contributed by atoms with Gasteiger partial charge in [-0.3, -0.25) is 78.7 Å². The molecule has 25 rings (SSSR count). The molecule has 17 heterocycles. The molecule has 8 aromatic carbocycles. The van der Waals surface area contributed by atoms with Crippen LogP contribution >= 0.6 is 11.3 Å². The average Bonchev–Trinajstić information content (AvgIpc) is 1.65. The summed E-state index contributed by atoms with van der Waals surface area (Å²) in [5.74, 6) is 0.630. The normalized spacial score (nSPS) is 16.6. The van der Waals surface area contributed by atoms with Crippen LogP contribution in [0.15, 0.2) is 305 Å². The summed E-state index contributed by atoms with van der Waals surface area (Å²) >= 11 is 1.85. The predicted octanol–water partition coefficient (Wildman–Crippen LogP) is 23.3. The number of hydrogen-bond acceptors (Lipinski definition) is 19. The lowest BCUT2D eigenvalue weighted by Crippen LogP contribution is -2.36. The standard InChI is InChI=1S/C29H26N6S.2C28H27FN6O.C28H27FN6/c1-2-6-28-25(5-1)23(19-36-28)16-34-13-3-4-24(18-34)35-17-22(15-31-35)21-7-8-27-26(14-21)29(33-32-27)20-9-11-30-12-10-20;2*1-36-27-6-2-5-25(29)24(27)18-34-13-3-4-22(17-34)35-16-21(15-31-35)20-7-8-26-23(14-20)28(33-32-26)19-9-11-30-12-10-19;1-19-4-2-6-26(29)25(19)18-34-13-3-5-23(17-34)35-16-22(15-31-35)21-7-8-27-24(14-21)28(33-32-27)20-9-11-30-12-10-20/h1-2,5-12,14-15,17,19,24H,3-4,13,16,18H2,(H,32,33);2*2,5-12,14-16,22H,3-4,13,17-18H2,1H3,(H,32,33);2,4,6-12,14-16,23H,3,5,13,17-18H2,1H3,(H,32,33). The number of aromatic amines is 4. The fraction of sp³-hybridized carbons (Fsp3) is 0.239. The van der Waals surface area contributed by atoms with Gasteiger partial charge in [-0.25, -0.2) is 13.2 Å². The molecule has 4 atom stereocenters. The number of halogens is 3. The molecule has 30 heteroatoms. The van der Waals surface area contributed by atoms with E-state index in [4.69, 9.17) is 29.9 Å². The molecule has 718 valence electrons. The molecule has 26 nitrogen and oxygen atoms in total. The number of nitrogens with zero attached hydrogens (tertiary/aromatic N) is 20. The fourth-order valence-electron chi connectivity index (χ4n) is 20.7. The lowest BCUT2D eigenvalue weighted by molar-refractivity contribution is 0.160. The monoisotopic (exact) mass is 1920 g/mol. The Labute approximate surface area is 828 Å². The zero-order valence-electron chi connectivity index (χ0n) is 79.6. The van der Waals surface area contributed by atoms with Crippen molar-refractivity contribution in [3.05, 3.63) is 350 Å². The molecular weight excluding hydrogens is 1810 g/mol. The van der Waals surface area contributed by atoms with E-state index >= 15 is 0 Å². The van der Waals surface area contributed by atoms with Crippen LogP contribution in [0.5, 0.6) is 11.5 Å². The number of thiophene rings is 1. The number of nitrogens with one attached hydrogen (secondary N) is 4. The van der Waals surface area contributed by atoms with Gasteiger partial charge in [0.25, 0.3) is 0 Å². The highest BCUT2D eigenvalue weighted by molar-refractivity contribution is 7.17. The first-order valence-corrected chi connectivity index (χ1v) is 49.7. The Hall–Kier alpha value is -15.7. The van der Waals surface area contributed by atoms with Crippen molar-refractivity contribution in [1.29, 1.82) is 0 Å². The minimum Gasteiger partial charge on any atom is -0.496 e. The van der Waals surface area contributed by atoms with Gasteiger partial charge in [0.05, 0.1) is 85.2 Å². The van der Waals surface area contributed by atoms with Crippen molar-refractivity contribution in [2.75, 3.05) is 66.6 Å². The van der Waals surface area contributed by atoms with Gasteiger partial charge in [0.1, 0.15) is 51.7 Å². The Morgan fingerprint density at radius 1 is 0.322 bits per heavy atom. The summed E-state index contributed by atoms with van der Waals surface area (Å²) < 4.78 is 63.9. The fourth-order valence-corrected chi connectivity index (χ4v) is 21.7. The third-order valence-corrected chi connectivity index (χ3v) is 29.3. The van der Waals surface area contributed by atoms with Gasteiger partial charge in [0.2, 0.25) is 0 Å². The van der Waals surface area contributed by atoms with Crippen molar-refractivity contribution in [3.63, 3.8) is 0 Å². The molecule has 21 aromatic rings. The largest absolute Gasteiger partial charge is 0.496 e.